The maximum atomic E-state index is 14.1. The quantitative estimate of drug-likeness (QED) is 0.851. The van der Waals surface area contributed by atoms with Gasteiger partial charge in [-0.15, -0.1) is 0 Å². The molecule has 106 valence electrons. The molecule has 6 heteroatoms. The second kappa shape index (κ2) is 6.19. The molecule has 1 unspecified atom stereocenters. The number of nitrogens with one attached hydrogen (secondary N) is 2. The molecule has 0 fully saturated rings. The monoisotopic (exact) mass is 293 g/mol. The van der Waals surface area contributed by atoms with Gasteiger partial charge in [-0.1, -0.05) is 12.1 Å². The molecule has 1 aromatic heterocycles. The van der Waals surface area contributed by atoms with E-state index in [-0.39, 0.29) is 17.4 Å². The maximum absolute atomic E-state index is 14.1. The van der Waals surface area contributed by atoms with Crippen molar-refractivity contribution < 1.29 is 4.39 Å². The van der Waals surface area contributed by atoms with Crippen molar-refractivity contribution in [2.75, 3.05) is 7.05 Å². The van der Waals surface area contributed by atoms with E-state index in [1.807, 2.05) is 20.0 Å². The molecule has 0 bridgehead atoms. The molecule has 1 aromatic carbocycles. The van der Waals surface area contributed by atoms with E-state index in [1.54, 1.807) is 13.0 Å². The van der Waals surface area contributed by atoms with Crippen LogP contribution in [0.25, 0.3) is 0 Å². The van der Waals surface area contributed by atoms with Gasteiger partial charge in [-0.25, -0.2) is 9.37 Å². The Labute approximate surface area is 120 Å². The zero-order chi connectivity index (χ0) is 14.7. The third-order valence-corrected chi connectivity index (χ3v) is 3.97. The van der Waals surface area contributed by atoms with E-state index in [0.29, 0.717) is 15.7 Å². The second-order valence-electron chi connectivity index (χ2n) is 4.46. The van der Waals surface area contributed by atoms with Gasteiger partial charge in [0.05, 0.1) is 4.90 Å². The van der Waals surface area contributed by atoms with Crippen molar-refractivity contribution in [3.8, 4) is 0 Å². The third-order valence-electron chi connectivity index (χ3n) is 2.94. The minimum atomic E-state index is -0.321. The molecular weight excluding hydrogens is 277 g/mol. The summed E-state index contributed by atoms with van der Waals surface area (Å²) in [5.41, 5.74) is 1.21. The summed E-state index contributed by atoms with van der Waals surface area (Å²) < 4.78 is 14.1. The van der Waals surface area contributed by atoms with Gasteiger partial charge in [0.2, 0.25) is 0 Å². The predicted octanol–water partition coefficient (Wildman–Crippen LogP) is 2.65. The standard InChI is InChI=1S/C14H16FN3OS/c1-8-7-12(19)18-14(17-8)20-13-10(9(2)16-3)5-4-6-11(13)15/h4-7,9,16H,1-3H3,(H,17,18,19). The SMILES string of the molecule is CNC(C)c1cccc(F)c1Sc1nc(C)cc(=O)[nH]1. The van der Waals surface area contributed by atoms with Crippen LogP contribution in [-0.2, 0) is 0 Å². The Hall–Kier alpha value is -1.66. The van der Waals surface area contributed by atoms with Gasteiger partial charge in [0, 0.05) is 17.8 Å². The van der Waals surface area contributed by atoms with Crippen LogP contribution < -0.4 is 10.9 Å². The number of hydrogen-bond donors (Lipinski definition) is 2. The van der Waals surface area contributed by atoms with Gasteiger partial charge >= 0.3 is 0 Å². The van der Waals surface area contributed by atoms with Gasteiger partial charge in [0.15, 0.2) is 5.16 Å². The van der Waals surface area contributed by atoms with Gasteiger partial charge < -0.3 is 10.3 Å². The summed E-state index contributed by atoms with van der Waals surface area (Å²) in [4.78, 5) is 18.8. The molecule has 0 amide bonds. The minimum Gasteiger partial charge on any atom is -0.313 e. The Morgan fingerprint density at radius 1 is 1.45 bits per heavy atom. The Morgan fingerprint density at radius 2 is 2.20 bits per heavy atom. The summed E-state index contributed by atoms with van der Waals surface area (Å²) >= 11 is 1.13. The summed E-state index contributed by atoms with van der Waals surface area (Å²) in [6, 6.07) is 6.35. The molecule has 2 aromatic rings. The van der Waals surface area contributed by atoms with Crippen LogP contribution in [0, 0.1) is 12.7 Å². The van der Waals surface area contributed by atoms with Gasteiger partial charge in [0.25, 0.3) is 5.56 Å². The number of halogens is 1. The van der Waals surface area contributed by atoms with Gasteiger partial charge in [-0.3, -0.25) is 4.79 Å². The van der Waals surface area contributed by atoms with Crippen LogP contribution >= 0.6 is 11.8 Å². The van der Waals surface area contributed by atoms with Crippen LogP contribution in [0.5, 0.6) is 0 Å². The van der Waals surface area contributed by atoms with Crippen molar-refractivity contribution in [2.45, 2.75) is 29.9 Å². The first-order chi connectivity index (χ1) is 9.51. The van der Waals surface area contributed by atoms with E-state index in [1.165, 1.54) is 12.1 Å². The minimum absolute atomic E-state index is 0.00438. The fourth-order valence-electron chi connectivity index (χ4n) is 1.83. The van der Waals surface area contributed by atoms with Crippen LogP contribution in [0.2, 0.25) is 0 Å². The highest BCUT2D eigenvalue weighted by Gasteiger charge is 2.15. The number of aryl methyl sites for hydroxylation is 1. The molecule has 4 nitrogen and oxygen atoms in total. The number of aromatic nitrogens is 2. The highest BCUT2D eigenvalue weighted by atomic mass is 32.2. The highest BCUT2D eigenvalue weighted by Crippen LogP contribution is 2.33. The third kappa shape index (κ3) is 3.26. The lowest BCUT2D eigenvalue weighted by Crippen LogP contribution is -2.14. The summed E-state index contributed by atoms with van der Waals surface area (Å²) in [5.74, 6) is -0.321. The van der Waals surface area contributed by atoms with Crippen LogP contribution in [0.4, 0.5) is 4.39 Å². The van der Waals surface area contributed by atoms with Gasteiger partial charge in [-0.2, -0.15) is 0 Å². The van der Waals surface area contributed by atoms with Crippen LogP contribution in [-0.4, -0.2) is 17.0 Å². The van der Waals surface area contributed by atoms with Crippen molar-refractivity contribution >= 4 is 11.8 Å². The van der Waals surface area contributed by atoms with E-state index < -0.39 is 0 Å². The van der Waals surface area contributed by atoms with E-state index in [9.17, 15) is 9.18 Å². The van der Waals surface area contributed by atoms with Crippen molar-refractivity contribution in [2.24, 2.45) is 0 Å². The van der Waals surface area contributed by atoms with Crippen LogP contribution in [0.1, 0.15) is 24.2 Å². The molecule has 1 heterocycles. The Kier molecular flexibility index (Phi) is 4.57. The summed E-state index contributed by atoms with van der Waals surface area (Å²) in [5, 5.41) is 3.48. The lowest BCUT2D eigenvalue weighted by atomic mass is 10.1. The first-order valence-corrected chi connectivity index (χ1v) is 7.04. The predicted molar refractivity (Wildman–Crippen MR) is 77.6 cm³/mol. The van der Waals surface area contributed by atoms with E-state index in [4.69, 9.17) is 0 Å². The fourth-order valence-corrected chi connectivity index (χ4v) is 2.89. The first kappa shape index (κ1) is 14.7. The largest absolute Gasteiger partial charge is 0.313 e. The molecule has 0 spiro atoms. The van der Waals surface area contributed by atoms with Crippen molar-refractivity contribution in [3.63, 3.8) is 0 Å². The first-order valence-electron chi connectivity index (χ1n) is 6.22. The lowest BCUT2D eigenvalue weighted by Gasteiger charge is -2.15. The number of rotatable bonds is 4. The molecule has 0 aliphatic heterocycles. The fraction of sp³-hybridized carbons (Fsp3) is 0.286. The smallest absolute Gasteiger partial charge is 0.251 e. The molecule has 0 aliphatic carbocycles. The van der Waals surface area contributed by atoms with Crippen LogP contribution in [0.3, 0.4) is 0 Å². The molecule has 1 atom stereocenters. The maximum Gasteiger partial charge on any atom is 0.251 e. The molecule has 0 saturated heterocycles. The summed E-state index contributed by atoms with van der Waals surface area (Å²) in [6.45, 7) is 3.68. The molecule has 2 N–H and O–H groups in total. The average molecular weight is 293 g/mol. The average Bonchev–Trinajstić information content (AvgIpc) is 2.39. The Morgan fingerprint density at radius 3 is 2.85 bits per heavy atom. The van der Waals surface area contributed by atoms with Crippen LogP contribution in [0.15, 0.2) is 39.1 Å². The lowest BCUT2D eigenvalue weighted by molar-refractivity contribution is 0.575. The molecule has 0 radical (unpaired) electrons. The number of H-pyrrole nitrogens is 1. The van der Waals surface area contributed by atoms with E-state index in [0.717, 1.165) is 17.3 Å². The molecule has 0 aliphatic rings. The zero-order valence-electron chi connectivity index (χ0n) is 11.5. The van der Waals surface area contributed by atoms with Gasteiger partial charge in [0.1, 0.15) is 5.82 Å². The zero-order valence-corrected chi connectivity index (χ0v) is 12.3. The van der Waals surface area contributed by atoms with Crippen molar-refractivity contribution in [1.82, 2.24) is 15.3 Å². The number of nitrogens with zero attached hydrogens (tertiary/aromatic N) is 1. The number of aromatic amines is 1. The number of hydrogen-bond acceptors (Lipinski definition) is 4. The topological polar surface area (TPSA) is 57.8 Å². The Balaban J connectivity index is 2.44. The van der Waals surface area contributed by atoms with Gasteiger partial charge in [-0.05, 0) is 44.3 Å². The van der Waals surface area contributed by atoms with Crippen molar-refractivity contribution in [3.05, 3.63) is 51.7 Å². The molecule has 0 saturated carbocycles. The molecular formula is C14H16FN3OS. The van der Waals surface area contributed by atoms with E-state index >= 15 is 0 Å². The second-order valence-corrected chi connectivity index (χ2v) is 5.46. The highest BCUT2D eigenvalue weighted by molar-refractivity contribution is 7.99. The Bertz CT molecular complexity index is 672. The normalized spacial score (nSPS) is 12.4. The van der Waals surface area contributed by atoms with E-state index in [2.05, 4.69) is 15.3 Å². The molecule has 20 heavy (non-hydrogen) atoms. The molecule has 2 rings (SSSR count). The number of benzene rings is 1. The summed E-state index contributed by atoms with van der Waals surface area (Å²) in [7, 11) is 1.82. The van der Waals surface area contributed by atoms with Crippen molar-refractivity contribution in [1.29, 1.82) is 0 Å². The summed E-state index contributed by atoms with van der Waals surface area (Å²) in [6.07, 6.45) is 0.